The summed E-state index contributed by atoms with van der Waals surface area (Å²) in [5.41, 5.74) is 2.87. The molecule has 1 fully saturated rings. The fraction of sp³-hybridized carbons (Fsp3) is 0.462. The Morgan fingerprint density at radius 1 is 1.50 bits per heavy atom. The van der Waals surface area contributed by atoms with E-state index in [2.05, 4.69) is 4.98 Å². The lowest BCUT2D eigenvalue weighted by Gasteiger charge is -2.17. The molecule has 0 radical (unpaired) electrons. The second-order valence-electron chi connectivity index (χ2n) is 4.54. The predicted molar refractivity (Wildman–Crippen MR) is 72.7 cm³/mol. The predicted octanol–water partition coefficient (Wildman–Crippen LogP) is 2.08. The Labute approximate surface area is 111 Å². The summed E-state index contributed by atoms with van der Waals surface area (Å²) < 4.78 is 0. The molecule has 1 aliphatic rings. The first kappa shape index (κ1) is 13.1. The topological polar surface area (TPSA) is 50.3 Å². The van der Waals surface area contributed by atoms with Crippen molar-refractivity contribution in [3.63, 3.8) is 0 Å². The van der Waals surface area contributed by atoms with E-state index in [0.717, 1.165) is 16.9 Å². The molecule has 0 aromatic carbocycles. The summed E-state index contributed by atoms with van der Waals surface area (Å²) in [5, 5.41) is 0.129. The number of anilines is 1. The number of hydrogen-bond acceptors (Lipinski definition) is 4. The Hall–Kier alpha value is -1.36. The summed E-state index contributed by atoms with van der Waals surface area (Å²) in [4.78, 5) is 29.0. The first-order valence-corrected chi connectivity index (χ1v) is 6.76. The van der Waals surface area contributed by atoms with Crippen LogP contribution in [0.4, 0.5) is 5.69 Å². The molecule has 1 atom stereocenters. The first-order valence-electron chi connectivity index (χ1n) is 5.88. The van der Waals surface area contributed by atoms with E-state index in [0.29, 0.717) is 13.0 Å². The number of rotatable bonds is 2. The third kappa shape index (κ3) is 2.72. The van der Waals surface area contributed by atoms with Gasteiger partial charge in [-0.3, -0.25) is 14.6 Å². The Morgan fingerprint density at radius 3 is 2.83 bits per heavy atom. The minimum Gasteiger partial charge on any atom is -0.310 e. The van der Waals surface area contributed by atoms with Gasteiger partial charge in [-0.15, -0.1) is 0 Å². The van der Waals surface area contributed by atoms with Gasteiger partial charge in [0.2, 0.25) is 5.91 Å². The zero-order valence-electron chi connectivity index (χ0n) is 10.8. The summed E-state index contributed by atoms with van der Waals surface area (Å²) >= 11 is 1.25. The van der Waals surface area contributed by atoms with Crippen LogP contribution in [-0.2, 0) is 9.59 Å². The molecular formula is C13H16N2O2S. The molecule has 5 heteroatoms. The van der Waals surface area contributed by atoms with Crippen molar-refractivity contribution in [2.45, 2.75) is 32.4 Å². The van der Waals surface area contributed by atoms with Crippen LogP contribution in [0.3, 0.4) is 0 Å². The number of aromatic nitrogens is 1. The Morgan fingerprint density at radius 2 is 2.22 bits per heavy atom. The monoisotopic (exact) mass is 264 g/mol. The van der Waals surface area contributed by atoms with Crippen molar-refractivity contribution in [1.82, 2.24) is 4.98 Å². The Bertz CT molecular complexity index is 502. The SMILES string of the molecule is CC(=O)SC1CC(=O)N(c2cnc(C)c(C)c2)C1. The van der Waals surface area contributed by atoms with E-state index in [4.69, 9.17) is 0 Å². The molecule has 1 saturated heterocycles. The lowest BCUT2D eigenvalue weighted by Crippen LogP contribution is -2.25. The van der Waals surface area contributed by atoms with Crippen molar-refractivity contribution in [3.8, 4) is 0 Å². The summed E-state index contributed by atoms with van der Waals surface area (Å²) in [6.45, 7) is 6.05. The molecule has 0 bridgehead atoms. The second kappa shape index (κ2) is 5.10. The van der Waals surface area contributed by atoms with Crippen LogP contribution in [0.15, 0.2) is 12.3 Å². The third-order valence-corrected chi connectivity index (χ3v) is 4.04. The minimum atomic E-state index is 0.0628. The molecule has 0 saturated carbocycles. The molecule has 0 spiro atoms. The van der Waals surface area contributed by atoms with Gasteiger partial charge in [-0.05, 0) is 25.5 Å². The van der Waals surface area contributed by atoms with Crippen molar-refractivity contribution in [2.75, 3.05) is 11.4 Å². The van der Waals surface area contributed by atoms with E-state index in [-0.39, 0.29) is 16.3 Å². The van der Waals surface area contributed by atoms with E-state index in [1.54, 1.807) is 11.1 Å². The molecule has 1 aromatic heterocycles. The first-order chi connectivity index (χ1) is 8.47. The molecule has 2 heterocycles. The number of pyridine rings is 1. The van der Waals surface area contributed by atoms with E-state index in [9.17, 15) is 9.59 Å². The maximum Gasteiger partial charge on any atom is 0.228 e. The molecule has 1 aromatic rings. The van der Waals surface area contributed by atoms with Gasteiger partial charge in [0, 0.05) is 30.8 Å². The van der Waals surface area contributed by atoms with Crippen LogP contribution in [-0.4, -0.2) is 27.8 Å². The van der Waals surface area contributed by atoms with Crippen LogP contribution >= 0.6 is 11.8 Å². The number of carbonyl (C=O) groups is 2. The fourth-order valence-electron chi connectivity index (χ4n) is 2.01. The van der Waals surface area contributed by atoms with Crippen LogP contribution in [0.5, 0.6) is 0 Å². The Balaban J connectivity index is 2.16. The molecule has 1 unspecified atom stereocenters. The number of amides is 1. The van der Waals surface area contributed by atoms with Gasteiger partial charge in [-0.1, -0.05) is 11.8 Å². The van der Waals surface area contributed by atoms with E-state index < -0.39 is 0 Å². The Kier molecular flexibility index (Phi) is 3.71. The normalized spacial score (nSPS) is 19.4. The van der Waals surface area contributed by atoms with Crippen LogP contribution in [0.1, 0.15) is 24.6 Å². The molecular weight excluding hydrogens is 248 g/mol. The average molecular weight is 264 g/mol. The van der Waals surface area contributed by atoms with Gasteiger partial charge in [-0.25, -0.2) is 0 Å². The lowest BCUT2D eigenvalue weighted by atomic mass is 10.2. The number of nitrogens with zero attached hydrogens (tertiary/aromatic N) is 2. The highest BCUT2D eigenvalue weighted by molar-refractivity contribution is 8.14. The van der Waals surface area contributed by atoms with Gasteiger partial charge >= 0.3 is 0 Å². The molecule has 1 amide bonds. The van der Waals surface area contributed by atoms with Crippen molar-refractivity contribution in [2.24, 2.45) is 0 Å². The van der Waals surface area contributed by atoms with Gasteiger partial charge in [0.15, 0.2) is 5.12 Å². The number of carbonyl (C=O) groups excluding carboxylic acids is 2. The zero-order valence-corrected chi connectivity index (χ0v) is 11.6. The quantitative estimate of drug-likeness (QED) is 0.820. The van der Waals surface area contributed by atoms with Gasteiger partial charge in [0.05, 0.1) is 11.9 Å². The van der Waals surface area contributed by atoms with Crippen LogP contribution < -0.4 is 4.90 Å². The summed E-state index contributed by atoms with van der Waals surface area (Å²) in [6, 6.07) is 1.97. The van der Waals surface area contributed by atoms with Crippen molar-refractivity contribution in [3.05, 3.63) is 23.5 Å². The summed E-state index contributed by atoms with van der Waals surface area (Å²) in [5.74, 6) is 0.0683. The smallest absolute Gasteiger partial charge is 0.228 e. The minimum absolute atomic E-state index is 0.0628. The van der Waals surface area contributed by atoms with Gasteiger partial charge < -0.3 is 4.90 Å². The molecule has 0 N–H and O–H groups in total. The molecule has 1 aliphatic heterocycles. The van der Waals surface area contributed by atoms with Crippen LogP contribution in [0, 0.1) is 13.8 Å². The van der Waals surface area contributed by atoms with Crippen LogP contribution in [0.2, 0.25) is 0 Å². The third-order valence-electron chi connectivity index (χ3n) is 3.06. The fourth-order valence-corrected chi connectivity index (χ4v) is 2.93. The highest BCUT2D eigenvalue weighted by atomic mass is 32.2. The van der Waals surface area contributed by atoms with E-state index in [1.807, 2.05) is 19.9 Å². The van der Waals surface area contributed by atoms with Crippen LogP contribution in [0.25, 0.3) is 0 Å². The van der Waals surface area contributed by atoms with Gasteiger partial charge in [-0.2, -0.15) is 0 Å². The molecule has 2 rings (SSSR count). The highest BCUT2D eigenvalue weighted by Gasteiger charge is 2.32. The van der Waals surface area contributed by atoms with E-state index in [1.165, 1.54) is 18.7 Å². The molecule has 18 heavy (non-hydrogen) atoms. The molecule has 96 valence electrons. The molecule has 0 aliphatic carbocycles. The average Bonchev–Trinajstić information content (AvgIpc) is 2.62. The maximum absolute atomic E-state index is 11.9. The van der Waals surface area contributed by atoms with Crippen molar-refractivity contribution >= 4 is 28.5 Å². The van der Waals surface area contributed by atoms with Gasteiger partial charge in [0.1, 0.15) is 0 Å². The second-order valence-corrected chi connectivity index (χ2v) is 6.01. The number of aryl methyl sites for hydroxylation is 2. The number of thioether (sulfide) groups is 1. The van der Waals surface area contributed by atoms with Crippen molar-refractivity contribution < 1.29 is 9.59 Å². The van der Waals surface area contributed by atoms with Gasteiger partial charge in [0.25, 0.3) is 0 Å². The van der Waals surface area contributed by atoms with Crippen molar-refractivity contribution in [1.29, 1.82) is 0 Å². The zero-order chi connectivity index (χ0) is 13.3. The largest absolute Gasteiger partial charge is 0.310 e. The molecule has 4 nitrogen and oxygen atoms in total. The standard InChI is InChI=1S/C13H16N2O2S/c1-8-4-11(6-14-9(8)2)15-7-12(5-13(15)17)18-10(3)16/h4,6,12H,5,7H2,1-3H3. The lowest BCUT2D eigenvalue weighted by molar-refractivity contribution is -0.117. The van der Waals surface area contributed by atoms with E-state index >= 15 is 0 Å². The maximum atomic E-state index is 11.9. The number of hydrogen-bond donors (Lipinski definition) is 0. The summed E-state index contributed by atoms with van der Waals surface area (Å²) in [6.07, 6.45) is 2.15. The highest BCUT2D eigenvalue weighted by Crippen LogP contribution is 2.28. The summed E-state index contributed by atoms with van der Waals surface area (Å²) in [7, 11) is 0.